The fourth-order valence-corrected chi connectivity index (χ4v) is 3.69. The Morgan fingerprint density at radius 2 is 1.62 bits per heavy atom. The summed E-state index contributed by atoms with van der Waals surface area (Å²) < 4.78 is 1.83. The number of carbonyl (C=O) groups excluding carboxylic acids is 1. The Morgan fingerprint density at radius 1 is 0.966 bits per heavy atom. The summed E-state index contributed by atoms with van der Waals surface area (Å²) in [7, 11) is 1.93. The van der Waals surface area contributed by atoms with Crippen LogP contribution in [0.2, 0.25) is 0 Å². The number of benzene rings is 2. The third-order valence-electron chi connectivity index (χ3n) is 5.25. The van der Waals surface area contributed by atoms with Crippen molar-refractivity contribution in [2.24, 2.45) is 7.05 Å². The van der Waals surface area contributed by atoms with E-state index in [1.165, 1.54) is 5.56 Å². The van der Waals surface area contributed by atoms with Gasteiger partial charge in [-0.3, -0.25) is 14.4 Å². The Balaban J connectivity index is 1.48. The van der Waals surface area contributed by atoms with E-state index in [0.717, 1.165) is 49.4 Å². The van der Waals surface area contributed by atoms with E-state index in [9.17, 15) is 4.79 Å². The Labute approximate surface area is 171 Å². The molecule has 1 aromatic heterocycles. The maximum Gasteiger partial charge on any atom is 0.254 e. The zero-order valence-electron chi connectivity index (χ0n) is 16.7. The topological polar surface area (TPSA) is 41.4 Å². The Hall–Kier alpha value is -3.18. The lowest BCUT2D eigenvalue weighted by Crippen LogP contribution is -2.48. The molecule has 1 aliphatic rings. The predicted octanol–water partition coefficient (Wildman–Crippen LogP) is 3.31. The summed E-state index contributed by atoms with van der Waals surface area (Å²) in [5.41, 5.74) is 3.95. The first-order valence-electron chi connectivity index (χ1n) is 10.0. The maximum atomic E-state index is 13.4. The lowest BCUT2D eigenvalue weighted by Gasteiger charge is -2.35. The number of aromatic nitrogens is 2. The minimum absolute atomic E-state index is 0.0982. The van der Waals surface area contributed by atoms with Crippen molar-refractivity contribution in [3.63, 3.8) is 0 Å². The summed E-state index contributed by atoms with van der Waals surface area (Å²) in [5.74, 6) is 0.0982. The largest absolute Gasteiger partial charge is 0.336 e. The molecule has 29 heavy (non-hydrogen) atoms. The highest BCUT2D eigenvalue weighted by atomic mass is 16.2. The molecule has 148 valence electrons. The fraction of sp³-hybridized carbons (Fsp3) is 0.250. The smallest absolute Gasteiger partial charge is 0.254 e. The van der Waals surface area contributed by atoms with E-state index < -0.39 is 0 Å². The number of amides is 1. The second-order valence-electron chi connectivity index (χ2n) is 7.43. The average molecular weight is 386 g/mol. The molecule has 0 N–H and O–H groups in total. The van der Waals surface area contributed by atoms with Crippen LogP contribution in [-0.4, -0.2) is 51.7 Å². The van der Waals surface area contributed by atoms with Crippen LogP contribution in [0.1, 0.15) is 16.7 Å². The van der Waals surface area contributed by atoms with E-state index in [2.05, 4.69) is 10.00 Å². The van der Waals surface area contributed by atoms with E-state index in [1.54, 1.807) is 0 Å². The van der Waals surface area contributed by atoms with Crippen molar-refractivity contribution < 1.29 is 4.79 Å². The Kier molecular flexibility index (Phi) is 5.86. The van der Waals surface area contributed by atoms with Crippen LogP contribution in [-0.2, 0) is 18.4 Å². The molecule has 1 saturated heterocycles. The minimum Gasteiger partial charge on any atom is -0.336 e. The van der Waals surface area contributed by atoms with E-state index in [0.29, 0.717) is 0 Å². The Morgan fingerprint density at radius 3 is 2.24 bits per heavy atom. The molecule has 0 radical (unpaired) electrons. The normalized spacial score (nSPS) is 15.5. The van der Waals surface area contributed by atoms with Crippen molar-refractivity contribution in [1.29, 1.82) is 0 Å². The second-order valence-corrected chi connectivity index (χ2v) is 7.43. The lowest BCUT2D eigenvalue weighted by molar-refractivity contribution is -0.126. The van der Waals surface area contributed by atoms with Crippen molar-refractivity contribution in [3.05, 3.63) is 89.7 Å². The number of nitrogens with zero attached hydrogens (tertiary/aromatic N) is 4. The van der Waals surface area contributed by atoms with Crippen molar-refractivity contribution in [3.8, 4) is 0 Å². The van der Waals surface area contributed by atoms with Crippen LogP contribution in [0.5, 0.6) is 0 Å². The van der Waals surface area contributed by atoms with Crippen LogP contribution in [0.15, 0.2) is 73.1 Å². The summed E-state index contributed by atoms with van der Waals surface area (Å²) in [6.45, 7) is 4.08. The first-order chi connectivity index (χ1) is 14.2. The van der Waals surface area contributed by atoms with Gasteiger partial charge >= 0.3 is 0 Å². The van der Waals surface area contributed by atoms with Gasteiger partial charge in [0.25, 0.3) is 5.91 Å². The van der Waals surface area contributed by atoms with Gasteiger partial charge in [0.15, 0.2) is 0 Å². The van der Waals surface area contributed by atoms with Crippen molar-refractivity contribution in [1.82, 2.24) is 19.6 Å². The monoisotopic (exact) mass is 386 g/mol. The molecule has 0 spiro atoms. The van der Waals surface area contributed by atoms with Crippen LogP contribution >= 0.6 is 0 Å². The number of hydrogen-bond acceptors (Lipinski definition) is 3. The number of rotatable bonds is 5. The third-order valence-corrected chi connectivity index (χ3v) is 5.25. The number of carbonyl (C=O) groups is 1. The van der Waals surface area contributed by atoms with E-state index in [1.807, 2.05) is 95.8 Å². The first-order valence-corrected chi connectivity index (χ1v) is 10.0. The molecule has 2 aromatic carbocycles. The van der Waals surface area contributed by atoms with Crippen molar-refractivity contribution in [2.45, 2.75) is 6.54 Å². The number of hydrogen-bond donors (Lipinski definition) is 0. The molecule has 1 amide bonds. The average Bonchev–Trinajstić information content (AvgIpc) is 3.18. The van der Waals surface area contributed by atoms with Crippen LogP contribution in [0, 0.1) is 0 Å². The molecule has 5 nitrogen and oxygen atoms in total. The molecule has 5 heteroatoms. The molecule has 1 fully saturated rings. The summed E-state index contributed by atoms with van der Waals surface area (Å²) in [6, 6.07) is 20.0. The molecular formula is C24H26N4O. The minimum atomic E-state index is 0.0982. The molecular weight excluding hydrogens is 360 g/mol. The van der Waals surface area contributed by atoms with Gasteiger partial charge in [-0.05, 0) is 17.2 Å². The standard InChI is InChI=1S/C24H26N4O/c1-26-18-21(17-25-26)19-27-12-14-28(15-13-27)24(29)23(22-10-6-3-7-11-22)16-20-8-4-2-5-9-20/h2-11,16-18H,12-15,19H2,1H3/b23-16-. The lowest BCUT2D eigenvalue weighted by atomic mass is 10.0. The molecule has 0 saturated carbocycles. The van der Waals surface area contributed by atoms with E-state index in [-0.39, 0.29) is 5.91 Å². The number of piperazine rings is 1. The van der Waals surface area contributed by atoms with Crippen LogP contribution in [0.25, 0.3) is 11.6 Å². The van der Waals surface area contributed by atoms with Crippen molar-refractivity contribution in [2.75, 3.05) is 26.2 Å². The third kappa shape index (κ3) is 4.81. The molecule has 4 rings (SSSR count). The maximum absolute atomic E-state index is 13.4. The molecule has 0 atom stereocenters. The van der Waals surface area contributed by atoms with Gasteiger partial charge in [0.2, 0.25) is 0 Å². The van der Waals surface area contributed by atoms with Gasteiger partial charge in [-0.2, -0.15) is 5.10 Å². The molecule has 3 aromatic rings. The zero-order valence-corrected chi connectivity index (χ0v) is 16.7. The summed E-state index contributed by atoms with van der Waals surface area (Å²) in [6.07, 6.45) is 5.96. The SMILES string of the molecule is Cn1cc(CN2CCN(C(=O)/C(=C\c3ccccc3)c3ccccc3)CC2)cn1. The highest BCUT2D eigenvalue weighted by Gasteiger charge is 2.24. The first kappa shape index (κ1) is 19.2. The van der Waals surface area contributed by atoms with Gasteiger partial charge in [0.1, 0.15) is 0 Å². The zero-order chi connectivity index (χ0) is 20.1. The summed E-state index contributed by atoms with van der Waals surface area (Å²) >= 11 is 0. The van der Waals surface area contributed by atoms with Crippen molar-refractivity contribution >= 4 is 17.6 Å². The highest BCUT2D eigenvalue weighted by Crippen LogP contribution is 2.22. The fourth-order valence-electron chi connectivity index (χ4n) is 3.69. The van der Waals surface area contributed by atoms with Gasteiger partial charge in [0, 0.05) is 57.1 Å². The van der Waals surface area contributed by atoms with Gasteiger partial charge in [-0.25, -0.2) is 0 Å². The van der Waals surface area contributed by atoms with Gasteiger partial charge < -0.3 is 4.90 Å². The number of aryl methyl sites for hydroxylation is 1. The van der Waals surface area contributed by atoms with E-state index >= 15 is 0 Å². The summed E-state index contributed by atoms with van der Waals surface area (Å²) in [5, 5.41) is 4.24. The van der Waals surface area contributed by atoms with Gasteiger partial charge in [-0.15, -0.1) is 0 Å². The second kappa shape index (κ2) is 8.88. The molecule has 1 aliphatic heterocycles. The Bertz CT molecular complexity index is 970. The van der Waals surface area contributed by atoms with Crippen LogP contribution in [0.4, 0.5) is 0 Å². The molecule has 0 unspecified atom stereocenters. The predicted molar refractivity (Wildman–Crippen MR) is 116 cm³/mol. The molecule has 0 aliphatic carbocycles. The molecule has 2 heterocycles. The van der Waals surface area contributed by atoms with E-state index in [4.69, 9.17) is 0 Å². The quantitative estimate of drug-likeness (QED) is 0.499. The van der Waals surface area contributed by atoms with Crippen LogP contribution < -0.4 is 0 Å². The van der Waals surface area contributed by atoms with Gasteiger partial charge in [-0.1, -0.05) is 60.7 Å². The molecule has 0 bridgehead atoms. The van der Waals surface area contributed by atoms with Crippen LogP contribution in [0.3, 0.4) is 0 Å². The highest BCUT2D eigenvalue weighted by molar-refractivity contribution is 6.24. The van der Waals surface area contributed by atoms with Gasteiger partial charge in [0.05, 0.1) is 6.20 Å². The summed E-state index contributed by atoms with van der Waals surface area (Å²) in [4.78, 5) is 17.7.